The Kier molecular flexibility index (Phi) is 4.01. The summed E-state index contributed by atoms with van der Waals surface area (Å²) in [7, 11) is 0. The van der Waals surface area contributed by atoms with Gasteiger partial charge in [-0.1, -0.05) is 12.1 Å². The van der Waals surface area contributed by atoms with Crippen LogP contribution in [0.4, 0.5) is 10.5 Å². The van der Waals surface area contributed by atoms with Gasteiger partial charge in [0.2, 0.25) is 0 Å². The second-order valence-electron chi connectivity index (χ2n) is 4.60. The molecule has 0 radical (unpaired) electrons. The SMILES string of the molecule is Cc1ccc(C(=N)N)cc1NC(=O)NC1CCOC1. The predicted molar refractivity (Wildman–Crippen MR) is 73.6 cm³/mol. The molecule has 0 bridgehead atoms. The van der Waals surface area contributed by atoms with Gasteiger partial charge in [-0.25, -0.2) is 4.79 Å². The fraction of sp³-hybridized carbons (Fsp3) is 0.385. The van der Waals surface area contributed by atoms with E-state index in [4.69, 9.17) is 15.9 Å². The summed E-state index contributed by atoms with van der Waals surface area (Å²) in [5.74, 6) is -0.0207. The summed E-state index contributed by atoms with van der Waals surface area (Å²) in [6.07, 6.45) is 0.833. The smallest absolute Gasteiger partial charge is 0.319 e. The molecule has 1 heterocycles. The maximum Gasteiger partial charge on any atom is 0.319 e. The third kappa shape index (κ3) is 3.45. The van der Waals surface area contributed by atoms with Crippen molar-refractivity contribution in [3.8, 4) is 0 Å². The van der Waals surface area contributed by atoms with Crippen LogP contribution in [0.2, 0.25) is 0 Å². The molecule has 1 fully saturated rings. The highest BCUT2D eigenvalue weighted by Gasteiger charge is 2.18. The minimum Gasteiger partial charge on any atom is -0.384 e. The normalized spacial score (nSPS) is 18.1. The Morgan fingerprint density at radius 3 is 2.95 bits per heavy atom. The van der Waals surface area contributed by atoms with E-state index in [9.17, 15) is 4.79 Å². The fourth-order valence-electron chi connectivity index (χ4n) is 1.92. The van der Waals surface area contributed by atoms with Gasteiger partial charge in [-0.05, 0) is 25.0 Å². The van der Waals surface area contributed by atoms with Gasteiger partial charge in [-0.2, -0.15) is 0 Å². The highest BCUT2D eigenvalue weighted by Crippen LogP contribution is 2.16. The minimum atomic E-state index is -0.265. The Labute approximate surface area is 111 Å². The van der Waals surface area contributed by atoms with Crippen LogP contribution in [0, 0.1) is 12.3 Å². The summed E-state index contributed by atoms with van der Waals surface area (Å²) < 4.78 is 5.20. The molecule has 1 unspecified atom stereocenters. The van der Waals surface area contributed by atoms with Crippen molar-refractivity contribution in [2.24, 2.45) is 5.73 Å². The lowest BCUT2D eigenvalue weighted by Gasteiger charge is -2.14. The zero-order chi connectivity index (χ0) is 13.8. The Hall–Kier alpha value is -2.08. The maximum absolute atomic E-state index is 11.8. The zero-order valence-electron chi connectivity index (χ0n) is 10.8. The fourth-order valence-corrected chi connectivity index (χ4v) is 1.92. The highest BCUT2D eigenvalue weighted by atomic mass is 16.5. The highest BCUT2D eigenvalue weighted by molar-refractivity contribution is 5.97. The average molecular weight is 262 g/mol. The first kappa shape index (κ1) is 13.4. The van der Waals surface area contributed by atoms with Gasteiger partial charge in [0.25, 0.3) is 0 Å². The van der Waals surface area contributed by atoms with Gasteiger partial charge in [0.1, 0.15) is 5.84 Å². The number of hydrogen-bond donors (Lipinski definition) is 4. The Morgan fingerprint density at radius 2 is 2.32 bits per heavy atom. The molecule has 19 heavy (non-hydrogen) atoms. The number of rotatable bonds is 3. The number of ether oxygens (including phenoxy) is 1. The molecular weight excluding hydrogens is 244 g/mol. The molecule has 0 saturated carbocycles. The lowest BCUT2D eigenvalue weighted by molar-refractivity contribution is 0.189. The van der Waals surface area contributed by atoms with Crippen LogP contribution in [-0.2, 0) is 4.74 Å². The van der Waals surface area contributed by atoms with Crippen molar-refractivity contribution in [2.75, 3.05) is 18.5 Å². The molecule has 1 aliphatic heterocycles. The number of amides is 2. The van der Waals surface area contributed by atoms with Crippen molar-refractivity contribution in [2.45, 2.75) is 19.4 Å². The number of nitrogen functional groups attached to an aromatic ring is 1. The summed E-state index contributed by atoms with van der Waals surface area (Å²) in [5, 5.41) is 13.0. The molecule has 2 amide bonds. The predicted octanol–water partition coefficient (Wildman–Crippen LogP) is 1.19. The molecule has 1 aliphatic rings. The van der Waals surface area contributed by atoms with Crippen LogP contribution in [0.3, 0.4) is 0 Å². The minimum absolute atomic E-state index is 0.0207. The maximum atomic E-state index is 11.8. The number of nitrogens with two attached hydrogens (primary N) is 1. The Morgan fingerprint density at radius 1 is 1.53 bits per heavy atom. The van der Waals surface area contributed by atoms with Gasteiger partial charge in [-0.3, -0.25) is 5.41 Å². The standard InChI is InChI=1S/C13H18N4O2/c1-8-2-3-9(12(14)15)6-11(8)17-13(18)16-10-4-5-19-7-10/h2-3,6,10H,4-5,7H2,1H3,(H3,14,15)(H2,16,17,18). The van der Waals surface area contributed by atoms with Crippen LogP contribution in [0.15, 0.2) is 18.2 Å². The van der Waals surface area contributed by atoms with E-state index >= 15 is 0 Å². The second-order valence-corrected chi connectivity index (χ2v) is 4.60. The molecule has 6 nitrogen and oxygen atoms in total. The average Bonchev–Trinajstić information content (AvgIpc) is 2.84. The summed E-state index contributed by atoms with van der Waals surface area (Å²) >= 11 is 0. The van der Waals surface area contributed by atoms with Crippen molar-refractivity contribution < 1.29 is 9.53 Å². The quantitative estimate of drug-likeness (QED) is 0.486. The number of nitrogens with one attached hydrogen (secondary N) is 3. The number of benzene rings is 1. The van der Waals surface area contributed by atoms with Gasteiger partial charge in [0.15, 0.2) is 0 Å². The molecule has 6 heteroatoms. The third-order valence-electron chi connectivity index (χ3n) is 3.06. The summed E-state index contributed by atoms with van der Waals surface area (Å²) in [6, 6.07) is 5.08. The van der Waals surface area contributed by atoms with E-state index in [2.05, 4.69) is 10.6 Å². The number of anilines is 1. The van der Waals surface area contributed by atoms with Crippen LogP contribution in [-0.4, -0.2) is 31.1 Å². The topological polar surface area (TPSA) is 100 Å². The summed E-state index contributed by atoms with van der Waals surface area (Å²) in [5.41, 5.74) is 7.60. The molecule has 1 saturated heterocycles. The molecular formula is C13H18N4O2. The monoisotopic (exact) mass is 262 g/mol. The molecule has 2 rings (SSSR count). The Balaban J connectivity index is 2.02. The van der Waals surface area contributed by atoms with E-state index in [1.807, 2.05) is 13.0 Å². The van der Waals surface area contributed by atoms with Crippen LogP contribution < -0.4 is 16.4 Å². The molecule has 5 N–H and O–H groups in total. The number of carbonyl (C=O) groups is 1. The van der Waals surface area contributed by atoms with E-state index < -0.39 is 0 Å². The second kappa shape index (κ2) is 5.71. The van der Waals surface area contributed by atoms with Crippen molar-refractivity contribution >= 4 is 17.6 Å². The lowest BCUT2D eigenvalue weighted by Crippen LogP contribution is -2.38. The van der Waals surface area contributed by atoms with Crippen molar-refractivity contribution in [1.82, 2.24) is 5.32 Å². The van der Waals surface area contributed by atoms with Crippen LogP contribution in [0.5, 0.6) is 0 Å². The number of hydrogen-bond acceptors (Lipinski definition) is 3. The number of amidine groups is 1. The first-order chi connectivity index (χ1) is 9.06. The molecule has 0 spiro atoms. The first-order valence-corrected chi connectivity index (χ1v) is 6.16. The largest absolute Gasteiger partial charge is 0.384 e. The zero-order valence-corrected chi connectivity index (χ0v) is 10.8. The molecule has 1 atom stereocenters. The molecule has 102 valence electrons. The molecule has 0 aliphatic carbocycles. The van der Waals surface area contributed by atoms with Crippen molar-refractivity contribution in [1.29, 1.82) is 5.41 Å². The van der Waals surface area contributed by atoms with Gasteiger partial charge in [0.05, 0.1) is 12.6 Å². The van der Waals surface area contributed by atoms with E-state index in [-0.39, 0.29) is 17.9 Å². The van der Waals surface area contributed by atoms with Gasteiger partial charge in [-0.15, -0.1) is 0 Å². The van der Waals surface area contributed by atoms with E-state index in [0.29, 0.717) is 24.5 Å². The van der Waals surface area contributed by atoms with E-state index in [1.54, 1.807) is 12.1 Å². The van der Waals surface area contributed by atoms with Gasteiger partial charge >= 0.3 is 6.03 Å². The number of urea groups is 1. The molecule has 0 aromatic heterocycles. The molecule has 1 aromatic rings. The number of aryl methyl sites for hydroxylation is 1. The first-order valence-electron chi connectivity index (χ1n) is 6.16. The van der Waals surface area contributed by atoms with Crippen LogP contribution >= 0.6 is 0 Å². The Bertz CT molecular complexity index is 495. The number of carbonyl (C=O) groups excluding carboxylic acids is 1. The van der Waals surface area contributed by atoms with Gasteiger partial charge in [0, 0.05) is 17.9 Å². The van der Waals surface area contributed by atoms with Crippen LogP contribution in [0.25, 0.3) is 0 Å². The van der Waals surface area contributed by atoms with Gasteiger partial charge < -0.3 is 21.1 Å². The summed E-state index contributed by atoms with van der Waals surface area (Å²) in [6.45, 7) is 3.13. The summed E-state index contributed by atoms with van der Waals surface area (Å²) in [4.78, 5) is 11.8. The van der Waals surface area contributed by atoms with Crippen molar-refractivity contribution in [3.05, 3.63) is 29.3 Å². The van der Waals surface area contributed by atoms with E-state index in [0.717, 1.165) is 12.0 Å². The van der Waals surface area contributed by atoms with E-state index in [1.165, 1.54) is 0 Å². The lowest BCUT2D eigenvalue weighted by atomic mass is 10.1. The van der Waals surface area contributed by atoms with Crippen LogP contribution in [0.1, 0.15) is 17.5 Å². The van der Waals surface area contributed by atoms with Crippen molar-refractivity contribution in [3.63, 3.8) is 0 Å². The third-order valence-corrected chi connectivity index (χ3v) is 3.06. The molecule has 1 aromatic carbocycles.